The molecule has 4 nitrogen and oxygen atoms in total. The normalized spacial score (nSPS) is 12.4. The van der Waals surface area contributed by atoms with Crippen molar-refractivity contribution in [1.29, 1.82) is 0 Å². The largest absolute Gasteiger partial charge is 0.355 e. The summed E-state index contributed by atoms with van der Waals surface area (Å²) in [5.41, 5.74) is 2.79. The molecule has 0 radical (unpaired) electrons. The highest BCUT2D eigenvalue weighted by Crippen LogP contribution is 2.03. The van der Waals surface area contributed by atoms with Crippen molar-refractivity contribution in [3.05, 3.63) is 16.6 Å². The molecule has 1 aromatic heterocycles. The van der Waals surface area contributed by atoms with E-state index in [9.17, 15) is 4.79 Å². The zero-order valence-corrected chi connectivity index (χ0v) is 9.93. The lowest BCUT2D eigenvalue weighted by Gasteiger charge is -2.10. The Bertz CT molecular complexity index is 287. The van der Waals surface area contributed by atoms with Gasteiger partial charge in [-0.1, -0.05) is 0 Å². The summed E-state index contributed by atoms with van der Waals surface area (Å²) in [7, 11) is 1.88. The maximum absolute atomic E-state index is 11.4. The van der Waals surface area contributed by atoms with Crippen LogP contribution in [0.25, 0.3) is 0 Å². The van der Waals surface area contributed by atoms with Gasteiger partial charge in [-0.2, -0.15) is 0 Å². The van der Waals surface area contributed by atoms with Crippen LogP contribution < -0.4 is 10.6 Å². The highest BCUT2D eigenvalue weighted by molar-refractivity contribution is 7.07. The number of hydrogen-bond donors (Lipinski definition) is 2. The smallest absolute Gasteiger partial charge is 0.220 e. The number of carbonyl (C=O) groups is 1. The van der Waals surface area contributed by atoms with E-state index in [-0.39, 0.29) is 5.91 Å². The number of carbonyl (C=O) groups excluding carboxylic acids is 1. The highest BCUT2D eigenvalue weighted by Gasteiger charge is 2.04. The fraction of sp³-hybridized carbons (Fsp3) is 0.600. The fourth-order valence-corrected chi connectivity index (χ4v) is 1.65. The Kier molecular flexibility index (Phi) is 5.28. The summed E-state index contributed by atoms with van der Waals surface area (Å²) in [4.78, 5) is 15.5. The fourth-order valence-electron chi connectivity index (χ4n) is 1.06. The van der Waals surface area contributed by atoms with Gasteiger partial charge in [0, 0.05) is 24.4 Å². The van der Waals surface area contributed by atoms with Crippen LogP contribution in [-0.2, 0) is 11.2 Å². The molecule has 0 saturated carbocycles. The molecule has 0 spiro atoms. The Morgan fingerprint density at radius 2 is 2.47 bits per heavy atom. The van der Waals surface area contributed by atoms with E-state index in [0.717, 1.165) is 12.1 Å². The molecule has 1 heterocycles. The van der Waals surface area contributed by atoms with E-state index in [2.05, 4.69) is 15.6 Å². The molecular formula is C10H17N3OS. The standard InChI is InChI=1S/C10H17N3OS/c1-8(11-2)5-12-10(14)4-3-9-6-15-7-13-9/h6-8,11H,3-5H2,1-2H3,(H,12,14). The molecule has 5 heteroatoms. The van der Waals surface area contributed by atoms with E-state index in [4.69, 9.17) is 0 Å². The van der Waals surface area contributed by atoms with Gasteiger partial charge in [0.05, 0.1) is 11.2 Å². The Hall–Kier alpha value is -0.940. The van der Waals surface area contributed by atoms with Gasteiger partial charge >= 0.3 is 0 Å². The molecule has 0 bridgehead atoms. The first-order valence-corrected chi connectivity index (χ1v) is 5.97. The summed E-state index contributed by atoms with van der Waals surface area (Å²) in [6.45, 7) is 2.70. The summed E-state index contributed by atoms with van der Waals surface area (Å²) in [5, 5.41) is 7.91. The summed E-state index contributed by atoms with van der Waals surface area (Å²) in [6, 6.07) is 0.313. The van der Waals surface area contributed by atoms with Gasteiger partial charge in [0.1, 0.15) is 0 Å². The second-order valence-corrected chi connectivity index (χ2v) is 4.19. The van der Waals surface area contributed by atoms with Crippen LogP contribution in [0.1, 0.15) is 19.0 Å². The van der Waals surface area contributed by atoms with E-state index < -0.39 is 0 Å². The van der Waals surface area contributed by atoms with Crippen molar-refractivity contribution >= 4 is 17.2 Å². The minimum Gasteiger partial charge on any atom is -0.355 e. The monoisotopic (exact) mass is 227 g/mol. The molecule has 1 aromatic rings. The van der Waals surface area contributed by atoms with Gasteiger partial charge in [-0.25, -0.2) is 4.98 Å². The molecular weight excluding hydrogens is 210 g/mol. The first kappa shape index (κ1) is 12.1. The van der Waals surface area contributed by atoms with Crippen LogP contribution in [0.4, 0.5) is 0 Å². The van der Waals surface area contributed by atoms with E-state index in [1.807, 2.05) is 19.4 Å². The van der Waals surface area contributed by atoms with Crippen molar-refractivity contribution in [2.45, 2.75) is 25.8 Å². The van der Waals surface area contributed by atoms with Crippen molar-refractivity contribution in [3.8, 4) is 0 Å². The van der Waals surface area contributed by atoms with Crippen molar-refractivity contribution in [3.63, 3.8) is 0 Å². The Balaban J connectivity index is 2.14. The van der Waals surface area contributed by atoms with Crippen molar-refractivity contribution in [2.24, 2.45) is 0 Å². The molecule has 1 amide bonds. The Morgan fingerprint density at radius 3 is 3.07 bits per heavy atom. The zero-order valence-electron chi connectivity index (χ0n) is 9.12. The van der Waals surface area contributed by atoms with Crippen LogP contribution in [0, 0.1) is 0 Å². The predicted octanol–water partition coefficient (Wildman–Crippen LogP) is 0.800. The van der Waals surface area contributed by atoms with E-state index in [1.54, 1.807) is 16.8 Å². The third-order valence-corrected chi connectivity index (χ3v) is 2.83. The number of nitrogens with one attached hydrogen (secondary N) is 2. The number of likely N-dealkylation sites (N-methyl/N-ethyl adjacent to an activating group) is 1. The van der Waals surface area contributed by atoms with E-state index in [1.165, 1.54) is 0 Å². The lowest BCUT2D eigenvalue weighted by Crippen LogP contribution is -2.37. The van der Waals surface area contributed by atoms with Crippen LogP contribution >= 0.6 is 11.3 Å². The number of thiazole rings is 1. The van der Waals surface area contributed by atoms with Gasteiger partial charge in [0.15, 0.2) is 0 Å². The third-order valence-electron chi connectivity index (χ3n) is 2.19. The predicted molar refractivity (Wildman–Crippen MR) is 62.0 cm³/mol. The van der Waals surface area contributed by atoms with Gasteiger partial charge in [-0.15, -0.1) is 11.3 Å². The topological polar surface area (TPSA) is 54.0 Å². The van der Waals surface area contributed by atoms with Gasteiger partial charge < -0.3 is 10.6 Å². The van der Waals surface area contributed by atoms with Crippen molar-refractivity contribution in [2.75, 3.05) is 13.6 Å². The maximum Gasteiger partial charge on any atom is 0.220 e. The minimum atomic E-state index is 0.0881. The van der Waals surface area contributed by atoms with E-state index in [0.29, 0.717) is 19.0 Å². The molecule has 15 heavy (non-hydrogen) atoms. The minimum absolute atomic E-state index is 0.0881. The van der Waals surface area contributed by atoms with Crippen LogP contribution in [0.15, 0.2) is 10.9 Å². The second-order valence-electron chi connectivity index (χ2n) is 3.47. The van der Waals surface area contributed by atoms with Crippen LogP contribution in [0.3, 0.4) is 0 Å². The average Bonchev–Trinajstić information content (AvgIpc) is 2.75. The lowest BCUT2D eigenvalue weighted by molar-refractivity contribution is -0.121. The number of hydrogen-bond acceptors (Lipinski definition) is 4. The zero-order chi connectivity index (χ0) is 11.1. The third kappa shape index (κ3) is 4.90. The molecule has 0 saturated heterocycles. The van der Waals surface area contributed by atoms with Gasteiger partial charge in [-0.05, 0) is 20.4 Å². The molecule has 1 atom stereocenters. The molecule has 0 aliphatic rings. The Labute approximate surface area is 94.1 Å². The molecule has 84 valence electrons. The molecule has 0 fully saturated rings. The molecule has 0 aromatic carbocycles. The SMILES string of the molecule is CNC(C)CNC(=O)CCc1cscn1. The van der Waals surface area contributed by atoms with E-state index >= 15 is 0 Å². The lowest BCUT2D eigenvalue weighted by atomic mass is 10.2. The maximum atomic E-state index is 11.4. The highest BCUT2D eigenvalue weighted by atomic mass is 32.1. The summed E-state index contributed by atoms with van der Waals surface area (Å²) < 4.78 is 0. The summed E-state index contributed by atoms with van der Waals surface area (Å²) in [5.74, 6) is 0.0881. The second kappa shape index (κ2) is 6.53. The average molecular weight is 227 g/mol. The van der Waals surface area contributed by atoms with Gasteiger partial charge in [0.2, 0.25) is 5.91 Å². The van der Waals surface area contributed by atoms with Crippen molar-refractivity contribution < 1.29 is 4.79 Å². The molecule has 1 rings (SSSR count). The quantitative estimate of drug-likeness (QED) is 0.756. The van der Waals surface area contributed by atoms with Gasteiger partial charge in [0.25, 0.3) is 0 Å². The van der Waals surface area contributed by atoms with Gasteiger partial charge in [-0.3, -0.25) is 4.79 Å². The van der Waals surface area contributed by atoms with Crippen LogP contribution in [-0.4, -0.2) is 30.5 Å². The first-order chi connectivity index (χ1) is 7.22. The number of aromatic nitrogens is 1. The first-order valence-electron chi connectivity index (χ1n) is 5.03. The number of amides is 1. The van der Waals surface area contributed by atoms with Crippen LogP contribution in [0.5, 0.6) is 0 Å². The van der Waals surface area contributed by atoms with Crippen molar-refractivity contribution in [1.82, 2.24) is 15.6 Å². The Morgan fingerprint density at radius 1 is 1.67 bits per heavy atom. The molecule has 2 N–H and O–H groups in total. The molecule has 0 aliphatic heterocycles. The molecule has 1 unspecified atom stereocenters. The number of nitrogens with zero attached hydrogens (tertiary/aromatic N) is 1. The summed E-state index contributed by atoms with van der Waals surface area (Å²) in [6.07, 6.45) is 1.24. The summed E-state index contributed by atoms with van der Waals surface area (Å²) >= 11 is 1.56. The molecule has 0 aliphatic carbocycles. The van der Waals surface area contributed by atoms with Crippen LogP contribution in [0.2, 0.25) is 0 Å². The number of rotatable bonds is 6. The number of aryl methyl sites for hydroxylation is 1.